The van der Waals surface area contributed by atoms with Gasteiger partial charge in [-0.05, 0) is 50.2 Å². The summed E-state index contributed by atoms with van der Waals surface area (Å²) >= 11 is 0. The van der Waals surface area contributed by atoms with Gasteiger partial charge in [0, 0.05) is 39.0 Å². The van der Waals surface area contributed by atoms with Gasteiger partial charge in [0.1, 0.15) is 11.5 Å². The number of nitrogens with zero attached hydrogens (tertiary/aromatic N) is 5. The molecule has 0 spiro atoms. The molecule has 0 atom stereocenters. The predicted octanol–water partition coefficient (Wildman–Crippen LogP) is 2.57. The van der Waals surface area contributed by atoms with Crippen molar-refractivity contribution < 1.29 is 9.59 Å². The number of piperazine rings is 1. The predicted molar refractivity (Wildman–Crippen MR) is 123 cm³/mol. The lowest BCUT2D eigenvalue weighted by molar-refractivity contribution is -0.118. The number of rotatable bonds is 4. The molecule has 2 amide bonds. The molecule has 0 aliphatic carbocycles. The van der Waals surface area contributed by atoms with Crippen molar-refractivity contribution in [3.8, 4) is 0 Å². The molecule has 8 nitrogen and oxygen atoms in total. The molecule has 0 radical (unpaired) electrons. The van der Waals surface area contributed by atoms with Crippen molar-refractivity contribution >= 4 is 34.7 Å². The van der Waals surface area contributed by atoms with Crippen LogP contribution in [0.5, 0.6) is 0 Å². The molecule has 1 aromatic heterocycles. The Morgan fingerprint density at radius 2 is 1.81 bits per heavy atom. The van der Waals surface area contributed by atoms with Crippen molar-refractivity contribution in [3.05, 3.63) is 47.7 Å². The Labute approximate surface area is 182 Å². The summed E-state index contributed by atoms with van der Waals surface area (Å²) in [5, 5.41) is 8.54. The van der Waals surface area contributed by atoms with Crippen molar-refractivity contribution in [1.82, 2.24) is 9.88 Å². The molecule has 2 aliphatic rings. The highest BCUT2D eigenvalue weighted by Crippen LogP contribution is 2.25. The molecule has 3 heterocycles. The van der Waals surface area contributed by atoms with Gasteiger partial charge in [-0.25, -0.2) is 9.99 Å². The third-order valence-electron chi connectivity index (χ3n) is 5.75. The van der Waals surface area contributed by atoms with Crippen LogP contribution in [0.2, 0.25) is 0 Å². The molecule has 1 fully saturated rings. The number of aryl methyl sites for hydroxylation is 2. The van der Waals surface area contributed by atoms with E-state index in [1.807, 2.05) is 44.2 Å². The van der Waals surface area contributed by atoms with E-state index >= 15 is 0 Å². The van der Waals surface area contributed by atoms with Gasteiger partial charge in [0.05, 0.1) is 17.6 Å². The van der Waals surface area contributed by atoms with Gasteiger partial charge in [-0.2, -0.15) is 5.10 Å². The van der Waals surface area contributed by atoms with Crippen LogP contribution in [0.4, 0.5) is 17.2 Å². The van der Waals surface area contributed by atoms with Crippen molar-refractivity contribution in [2.75, 3.05) is 48.5 Å². The Balaban J connectivity index is 1.46. The zero-order chi connectivity index (χ0) is 22.0. The lowest BCUT2D eigenvalue weighted by Crippen LogP contribution is -2.44. The topological polar surface area (TPSA) is 81.1 Å². The number of carbonyl (C=O) groups is 2. The van der Waals surface area contributed by atoms with Gasteiger partial charge in [0.2, 0.25) is 5.91 Å². The van der Waals surface area contributed by atoms with E-state index in [0.717, 1.165) is 43.0 Å². The van der Waals surface area contributed by atoms with Crippen LogP contribution in [0.3, 0.4) is 0 Å². The van der Waals surface area contributed by atoms with Crippen LogP contribution in [0.25, 0.3) is 0 Å². The standard InChI is InChI=1S/C23H28N6O2/c1-16-4-5-17(2)20(14-16)29-22(30)9-7-19(26-29)23(31)25-21-8-6-18(15-24-21)28-12-10-27(3)11-13-28/h4-6,8,14-15H,7,9-13H2,1-3H3,(H,24,25,31). The van der Waals surface area contributed by atoms with Crippen molar-refractivity contribution in [1.29, 1.82) is 0 Å². The van der Waals surface area contributed by atoms with Gasteiger partial charge in [0.15, 0.2) is 0 Å². The SMILES string of the molecule is Cc1ccc(C)c(N2N=C(C(=O)Nc3ccc(N4CCN(C)CC4)cn3)CCC2=O)c1. The Bertz CT molecular complexity index is 1010. The number of carbonyl (C=O) groups excluding carboxylic acids is 2. The number of pyridine rings is 1. The summed E-state index contributed by atoms with van der Waals surface area (Å²) in [5.41, 5.74) is 4.05. The average Bonchev–Trinajstić information content (AvgIpc) is 2.77. The fourth-order valence-corrected chi connectivity index (χ4v) is 3.75. The van der Waals surface area contributed by atoms with Crippen molar-refractivity contribution in [2.45, 2.75) is 26.7 Å². The summed E-state index contributed by atoms with van der Waals surface area (Å²) in [6, 6.07) is 9.64. The summed E-state index contributed by atoms with van der Waals surface area (Å²) < 4.78 is 0. The van der Waals surface area contributed by atoms with E-state index in [1.54, 1.807) is 6.20 Å². The normalized spacial score (nSPS) is 17.5. The number of hydrogen-bond acceptors (Lipinski definition) is 6. The van der Waals surface area contributed by atoms with E-state index in [2.05, 4.69) is 32.2 Å². The largest absolute Gasteiger partial charge is 0.368 e. The minimum atomic E-state index is -0.331. The average molecular weight is 421 g/mol. The quantitative estimate of drug-likeness (QED) is 0.822. The van der Waals surface area contributed by atoms with E-state index in [4.69, 9.17) is 0 Å². The van der Waals surface area contributed by atoms with Gasteiger partial charge in [-0.1, -0.05) is 12.1 Å². The highest BCUT2D eigenvalue weighted by atomic mass is 16.2. The van der Waals surface area contributed by atoms with Gasteiger partial charge in [-0.3, -0.25) is 9.59 Å². The fraction of sp³-hybridized carbons (Fsp3) is 0.391. The Hall–Kier alpha value is -3.26. The molecule has 8 heteroatoms. The number of aromatic nitrogens is 1. The maximum absolute atomic E-state index is 12.8. The molecule has 0 bridgehead atoms. The number of hydrazone groups is 1. The summed E-state index contributed by atoms with van der Waals surface area (Å²) in [4.78, 5) is 34.2. The maximum Gasteiger partial charge on any atom is 0.273 e. The molecule has 2 aromatic rings. The highest BCUT2D eigenvalue weighted by molar-refractivity contribution is 6.44. The highest BCUT2D eigenvalue weighted by Gasteiger charge is 2.27. The molecule has 4 rings (SSSR count). The monoisotopic (exact) mass is 420 g/mol. The van der Waals surface area contributed by atoms with Crippen LogP contribution in [-0.2, 0) is 9.59 Å². The third kappa shape index (κ3) is 4.74. The second kappa shape index (κ2) is 8.85. The Morgan fingerprint density at radius 3 is 2.52 bits per heavy atom. The number of likely N-dealkylation sites (N-methyl/N-ethyl adjacent to an activating group) is 1. The van der Waals surface area contributed by atoms with Crippen LogP contribution >= 0.6 is 0 Å². The van der Waals surface area contributed by atoms with E-state index < -0.39 is 0 Å². The Morgan fingerprint density at radius 1 is 1.03 bits per heavy atom. The minimum Gasteiger partial charge on any atom is -0.368 e. The number of amides is 2. The zero-order valence-corrected chi connectivity index (χ0v) is 18.3. The minimum absolute atomic E-state index is 0.111. The molecular weight excluding hydrogens is 392 g/mol. The molecule has 0 saturated carbocycles. The number of anilines is 3. The molecule has 1 aromatic carbocycles. The maximum atomic E-state index is 12.8. The number of hydrogen-bond donors (Lipinski definition) is 1. The van der Waals surface area contributed by atoms with Crippen LogP contribution in [0.15, 0.2) is 41.6 Å². The first kappa shape index (κ1) is 21.0. The first-order chi connectivity index (χ1) is 14.9. The second-order valence-electron chi connectivity index (χ2n) is 8.19. The smallest absolute Gasteiger partial charge is 0.273 e. The van der Waals surface area contributed by atoms with E-state index in [-0.39, 0.29) is 18.2 Å². The lowest BCUT2D eigenvalue weighted by atomic mass is 10.1. The molecule has 162 valence electrons. The van der Waals surface area contributed by atoms with Crippen molar-refractivity contribution in [3.63, 3.8) is 0 Å². The van der Waals surface area contributed by atoms with E-state index in [9.17, 15) is 9.59 Å². The van der Waals surface area contributed by atoms with E-state index in [1.165, 1.54) is 5.01 Å². The first-order valence-electron chi connectivity index (χ1n) is 10.6. The lowest BCUT2D eigenvalue weighted by Gasteiger charge is -2.33. The van der Waals surface area contributed by atoms with E-state index in [0.29, 0.717) is 23.6 Å². The summed E-state index contributed by atoms with van der Waals surface area (Å²) in [5.74, 6) is 0.0309. The zero-order valence-electron chi connectivity index (χ0n) is 18.3. The summed E-state index contributed by atoms with van der Waals surface area (Å²) in [6.45, 7) is 7.86. The summed E-state index contributed by atoms with van der Waals surface area (Å²) in [7, 11) is 2.12. The fourth-order valence-electron chi connectivity index (χ4n) is 3.75. The van der Waals surface area contributed by atoms with Crippen LogP contribution in [-0.4, -0.2) is 60.6 Å². The van der Waals surface area contributed by atoms with Crippen LogP contribution in [0.1, 0.15) is 24.0 Å². The van der Waals surface area contributed by atoms with Gasteiger partial charge in [0.25, 0.3) is 5.91 Å². The van der Waals surface area contributed by atoms with Crippen molar-refractivity contribution in [2.24, 2.45) is 5.10 Å². The first-order valence-corrected chi connectivity index (χ1v) is 10.6. The molecule has 1 N–H and O–H groups in total. The Kier molecular flexibility index (Phi) is 5.99. The second-order valence-corrected chi connectivity index (χ2v) is 8.19. The van der Waals surface area contributed by atoms with Gasteiger partial charge < -0.3 is 15.1 Å². The third-order valence-corrected chi connectivity index (χ3v) is 5.75. The van der Waals surface area contributed by atoms with Crippen LogP contribution < -0.4 is 15.2 Å². The molecule has 0 unspecified atom stereocenters. The number of benzene rings is 1. The number of nitrogens with one attached hydrogen (secondary N) is 1. The van der Waals surface area contributed by atoms with Gasteiger partial charge >= 0.3 is 0 Å². The molecular formula is C23H28N6O2. The molecule has 1 saturated heterocycles. The van der Waals surface area contributed by atoms with Crippen LogP contribution in [0, 0.1) is 13.8 Å². The molecule has 31 heavy (non-hydrogen) atoms. The molecule has 2 aliphatic heterocycles. The van der Waals surface area contributed by atoms with Gasteiger partial charge in [-0.15, -0.1) is 0 Å². The summed E-state index contributed by atoms with van der Waals surface area (Å²) in [6.07, 6.45) is 2.34.